The second-order valence-corrected chi connectivity index (χ2v) is 10.4. The number of likely N-dealkylation sites (tertiary alicyclic amines) is 1. The molecule has 4 N–H and O–H groups in total. The number of hydrazine groups is 1. The smallest absolute Gasteiger partial charge is 0.257 e. The third-order valence-electron chi connectivity index (χ3n) is 7.42. The minimum absolute atomic E-state index is 0.109. The van der Waals surface area contributed by atoms with Crippen molar-refractivity contribution in [2.24, 2.45) is 11.7 Å². The fourth-order valence-electron chi connectivity index (χ4n) is 5.59. The molecule has 3 aliphatic rings. The second-order valence-electron chi connectivity index (χ2n) is 10.4. The Balaban J connectivity index is 1.41. The van der Waals surface area contributed by atoms with Crippen LogP contribution < -0.4 is 21.3 Å². The van der Waals surface area contributed by atoms with Crippen molar-refractivity contribution in [3.63, 3.8) is 0 Å². The molecule has 0 saturated carbocycles. The Morgan fingerprint density at radius 3 is 2.59 bits per heavy atom. The molecule has 9 nitrogen and oxygen atoms in total. The van der Waals surface area contributed by atoms with Gasteiger partial charge in [-0.2, -0.15) is 4.39 Å². The maximum atomic E-state index is 16.4. The van der Waals surface area contributed by atoms with Crippen LogP contribution in [0.2, 0.25) is 0 Å². The van der Waals surface area contributed by atoms with Gasteiger partial charge in [-0.05, 0) is 56.8 Å². The summed E-state index contributed by atoms with van der Waals surface area (Å²) in [6.45, 7) is 1.58. The van der Waals surface area contributed by atoms with E-state index in [1.54, 1.807) is 40.1 Å². The topological polar surface area (TPSA) is 103 Å². The number of nitrogens with two attached hydrogens (primary N) is 1. The molecule has 39 heavy (non-hydrogen) atoms. The summed E-state index contributed by atoms with van der Waals surface area (Å²) in [7, 11) is 3.86. The van der Waals surface area contributed by atoms with Crippen LogP contribution in [0.15, 0.2) is 72.7 Å². The molecule has 0 bridgehead atoms. The van der Waals surface area contributed by atoms with Crippen molar-refractivity contribution in [3.8, 4) is 11.5 Å². The van der Waals surface area contributed by atoms with Crippen LogP contribution >= 0.6 is 0 Å². The molecule has 10 heteroatoms. The number of benzene rings is 2. The van der Waals surface area contributed by atoms with E-state index in [-0.39, 0.29) is 17.9 Å². The van der Waals surface area contributed by atoms with E-state index in [1.165, 1.54) is 0 Å². The summed E-state index contributed by atoms with van der Waals surface area (Å²) in [6, 6.07) is 15.4. The molecule has 3 aliphatic heterocycles. The van der Waals surface area contributed by atoms with Gasteiger partial charge in [0.25, 0.3) is 5.91 Å². The van der Waals surface area contributed by atoms with E-state index in [9.17, 15) is 9.59 Å². The van der Waals surface area contributed by atoms with Crippen molar-refractivity contribution in [2.75, 3.05) is 33.7 Å². The highest BCUT2D eigenvalue weighted by atomic mass is 19.1. The van der Waals surface area contributed by atoms with Crippen LogP contribution in [-0.4, -0.2) is 78.5 Å². The molecule has 3 heterocycles. The van der Waals surface area contributed by atoms with Crippen LogP contribution in [0.4, 0.5) is 4.39 Å². The summed E-state index contributed by atoms with van der Waals surface area (Å²) < 4.78 is 22.3. The Kier molecular flexibility index (Phi) is 7.97. The van der Waals surface area contributed by atoms with E-state index < -0.39 is 24.1 Å². The van der Waals surface area contributed by atoms with Crippen molar-refractivity contribution < 1.29 is 18.7 Å². The van der Waals surface area contributed by atoms with Crippen molar-refractivity contribution in [2.45, 2.75) is 31.1 Å². The Bertz CT molecular complexity index is 1250. The number of nitrogens with zero attached hydrogens (tertiary/aromatic N) is 3. The third kappa shape index (κ3) is 5.68. The zero-order chi connectivity index (χ0) is 27.5. The molecular formula is C29H35FN6O3. The summed E-state index contributed by atoms with van der Waals surface area (Å²) in [5.41, 5.74) is 12.8. The summed E-state index contributed by atoms with van der Waals surface area (Å²) in [6.07, 6.45) is 4.08. The minimum Gasteiger partial charge on any atom is -0.457 e. The number of ether oxygens (including phenoxy) is 1. The van der Waals surface area contributed by atoms with Crippen LogP contribution in [-0.2, 0) is 9.59 Å². The molecule has 2 fully saturated rings. The standard InChI is InChI=1S/C29H35FN6O3/c1-34(2)16-7-11-23(37)35-17-6-8-20(18-35)36-26-25(28(31)32-33-29(26)38)24(27(36)30)19-12-14-22(15-13-19)39-21-9-4-3-5-10-21/h3-5,7,9-15,20,25-26,28,32H,6,8,16-18,31H2,1-2H3,(H,33,38)/b11-7+/t20-,25?,26?,28?/m1/s1. The lowest BCUT2D eigenvalue weighted by atomic mass is 9.85. The minimum atomic E-state index is -0.819. The van der Waals surface area contributed by atoms with E-state index in [2.05, 4.69) is 10.9 Å². The number of carbonyl (C=O) groups excluding carboxylic acids is 2. The van der Waals surface area contributed by atoms with Crippen LogP contribution in [0.1, 0.15) is 18.4 Å². The van der Waals surface area contributed by atoms with Gasteiger partial charge >= 0.3 is 0 Å². The van der Waals surface area contributed by atoms with E-state index in [1.807, 2.05) is 55.4 Å². The van der Waals surface area contributed by atoms with Crippen LogP contribution in [0.5, 0.6) is 11.5 Å². The average molecular weight is 535 g/mol. The van der Waals surface area contributed by atoms with Gasteiger partial charge in [-0.3, -0.25) is 15.0 Å². The van der Waals surface area contributed by atoms with Crippen molar-refractivity contribution in [1.29, 1.82) is 0 Å². The Hall–Kier alpha value is -3.73. The predicted octanol–water partition coefficient (Wildman–Crippen LogP) is 2.45. The summed E-state index contributed by atoms with van der Waals surface area (Å²) in [5.74, 6) is -0.215. The third-order valence-corrected chi connectivity index (χ3v) is 7.42. The number of carbonyl (C=O) groups is 2. The van der Waals surface area contributed by atoms with Gasteiger partial charge in [0.1, 0.15) is 17.5 Å². The first kappa shape index (κ1) is 26.9. The molecule has 4 atom stereocenters. The molecule has 206 valence electrons. The lowest BCUT2D eigenvalue weighted by Gasteiger charge is -2.43. The van der Waals surface area contributed by atoms with Gasteiger partial charge < -0.3 is 25.2 Å². The molecular weight excluding hydrogens is 499 g/mol. The maximum absolute atomic E-state index is 16.4. The number of hydrogen-bond donors (Lipinski definition) is 3. The van der Waals surface area contributed by atoms with E-state index in [0.29, 0.717) is 55.1 Å². The number of likely N-dealkylation sites (N-methyl/N-ethyl adjacent to an activating group) is 1. The highest BCUT2D eigenvalue weighted by Crippen LogP contribution is 2.45. The highest BCUT2D eigenvalue weighted by molar-refractivity contribution is 5.90. The van der Waals surface area contributed by atoms with Gasteiger partial charge in [0.15, 0.2) is 5.95 Å². The molecule has 5 rings (SSSR count). The Morgan fingerprint density at radius 2 is 1.87 bits per heavy atom. The molecule has 2 saturated heterocycles. The van der Waals surface area contributed by atoms with Crippen LogP contribution in [0.3, 0.4) is 0 Å². The maximum Gasteiger partial charge on any atom is 0.257 e. The summed E-state index contributed by atoms with van der Waals surface area (Å²) in [4.78, 5) is 31.2. The zero-order valence-corrected chi connectivity index (χ0v) is 22.2. The largest absolute Gasteiger partial charge is 0.457 e. The molecule has 2 amide bonds. The molecule has 2 aromatic rings. The fourth-order valence-corrected chi connectivity index (χ4v) is 5.59. The number of para-hydroxylation sites is 1. The number of amides is 2. The van der Waals surface area contributed by atoms with Crippen molar-refractivity contribution in [1.82, 2.24) is 25.6 Å². The lowest BCUT2D eigenvalue weighted by molar-refractivity contribution is -0.133. The average Bonchev–Trinajstić information content (AvgIpc) is 3.25. The van der Waals surface area contributed by atoms with Gasteiger partial charge in [0.05, 0.1) is 6.17 Å². The van der Waals surface area contributed by atoms with E-state index >= 15 is 4.39 Å². The quantitative estimate of drug-likeness (QED) is 0.370. The predicted molar refractivity (Wildman–Crippen MR) is 147 cm³/mol. The van der Waals surface area contributed by atoms with Crippen molar-refractivity contribution >= 4 is 17.4 Å². The number of halogens is 1. The van der Waals surface area contributed by atoms with Gasteiger partial charge in [-0.1, -0.05) is 36.4 Å². The van der Waals surface area contributed by atoms with Gasteiger partial charge in [-0.25, -0.2) is 5.43 Å². The van der Waals surface area contributed by atoms with E-state index in [0.717, 1.165) is 0 Å². The van der Waals surface area contributed by atoms with Crippen molar-refractivity contribution in [3.05, 3.63) is 78.3 Å². The van der Waals surface area contributed by atoms with E-state index in [4.69, 9.17) is 10.5 Å². The monoisotopic (exact) mass is 534 g/mol. The lowest BCUT2D eigenvalue weighted by Crippen LogP contribution is -2.67. The number of piperidine rings is 1. The van der Waals surface area contributed by atoms with Crippen LogP contribution in [0.25, 0.3) is 5.57 Å². The fraction of sp³-hybridized carbons (Fsp3) is 0.379. The zero-order valence-electron chi connectivity index (χ0n) is 22.2. The number of fused-ring (bicyclic) bond motifs is 1. The summed E-state index contributed by atoms with van der Waals surface area (Å²) >= 11 is 0. The first-order valence-electron chi connectivity index (χ1n) is 13.3. The number of hydrogen-bond acceptors (Lipinski definition) is 7. The SMILES string of the molecule is CN(C)C/C=C/C(=O)N1CCC[C@@H](N2C(F)=C(c3ccc(Oc4ccccc4)cc3)C3C(N)NNC(=O)C32)C1. The molecule has 0 aromatic heterocycles. The van der Waals surface area contributed by atoms with Crippen LogP contribution in [0, 0.1) is 5.92 Å². The molecule has 0 spiro atoms. The molecule has 0 aliphatic carbocycles. The second kappa shape index (κ2) is 11.6. The number of rotatable bonds is 7. The highest BCUT2D eigenvalue weighted by Gasteiger charge is 2.53. The number of nitrogens with one attached hydrogen (secondary N) is 2. The molecule has 3 unspecified atom stereocenters. The first-order chi connectivity index (χ1) is 18.8. The van der Waals surface area contributed by atoms with Gasteiger partial charge in [0, 0.05) is 43.2 Å². The normalized spacial score (nSPS) is 25.3. The Morgan fingerprint density at radius 1 is 1.15 bits per heavy atom. The first-order valence-corrected chi connectivity index (χ1v) is 13.3. The molecule has 2 aromatic carbocycles. The Labute approximate surface area is 228 Å². The van der Waals surface area contributed by atoms with Gasteiger partial charge in [0.2, 0.25) is 5.91 Å². The molecule has 0 radical (unpaired) electrons. The summed E-state index contributed by atoms with van der Waals surface area (Å²) in [5, 5.41) is 0. The van der Waals surface area contributed by atoms with Gasteiger partial charge in [-0.15, -0.1) is 0 Å².